The lowest BCUT2D eigenvalue weighted by atomic mass is 10.3. The number of hydrogen-bond donors (Lipinski definition) is 2. The van der Waals surface area contributed by atoms with Gasteiger partial charge >= 0.3 is 0 Å². The van der Waals surface area contributed by atoms with Crippen molar-refractivity contribution < 1.29 is 0 Å². The Morgan fingerprint density at radius 2 is 2.50 bits per heavy atom. The molecule has 0 aliphatic rings. The Hall–Kier alpha value is -1.38. The molecule has 10 heavy (non-hydrogen) atoms. The minimum absolute atomic E-state index is 0.561. The molecule has 0 unspecified atom stereocenters. The molecule has 1 rings (SSSR count). The van der Waals surface area contributed by atoms with Crippen molar-refractivity contribution in [2.75, 3.05) is 5.73 Å². The minimum Gasteiger partial charge on any atom is -0.399 e. The molecule has 0 spiro atoms. The van der Waals surface area contributed by atoms with E-state index in [1.165, 1.54) is 6.21 Å². The molecule has 0 fully saturated rings. The van der Waals surface area contributed by atoms with Gasteiger partial charge in [0.1, 0.15) is 0 Å². The lowest BCUT2D eigenvalue weighted by molar-refractivity contribution is 1.15. The molecule has 3 N–H and O–H groups in total. The van der Waals surface area contributed by atoms with E-state index in [1.54, 1.807) is 18.3 Å². The van der Waals surface area contributed by atoms with Gasteiger partial charge in [0.15, 0.2) is 0 Å². The van der Waals surface area contributed by atoms with Crippen molar-refractivity contribution in [1.82, 2.24) is 4.98 Å². The molecule has 0 amide bonds. The SMILES string of the molecule is N=CCc1cc(N)ccn1. The number of hydrogen-bond acceptors (Lipinski definition) is 3. The van der Waals surface area contributed by atoms with Crippen LogP contribution < -0.4 is 5.73 Å². The standard InChI is InChI=1S/C7H9N3/c8-3-1-7-5-6(9)2-4-10-7/h2-5,8H,1H2,(H2,9,10). The van der Waals surface area contributed by atoms with Crippen molar-refractivity contribution in [3.05, 3.63) is 24.0 Å². The van der Waals surface area contributed by atoms with Gasteiger partial charge < -0.3 is 11.1 Å². The van der Waals surface area contributed by atoms with Gasteiger partial charge in [0.05, 0.1) is 0 Å². The number of rotatable bonds is 2. The van der Waals surface area contributed by atoms with E-state index in [0.29, 0.717) is 12.1 Å². The van der Waals surface area contributed by atoms with E-state index in [4.69, 9.17) is 11.1 Å². The van der Waals surface area contributed by atoms with Crippen LogP contribution in [0.2, 0.25) is 0 Å². The molecule has 52 valence electrons. The van der Waals surface area contributed by atoms with Crippen LogP contribution in [0.1, 0.15) is 5.69 Å². The van der Waals surface area contributed by atoms with Crippen molar-refractivity contribution in [2.45, 2.75) is 6.42 Å². The van der Waals surface area contributed by atoms with E-state index in [-0.39, 0.29) is 0 Å². The second-order valence-electron chi connectivity index (χ2n) is 1.99. The number of aromatic nitrogens is 1. The number of nitrogens with zero attached hydrogens (tertiary/aromatic N) is 1. The highest BCUT2D eigenvalue weighted by Gasteiger charge is 1.90. The molecule has 0 aliphatic carbocycles. The molecule has 0 saturated heterocycles. The zero-order chi connectivity index (χ0) is 7.40. The van der Waals surface area contributed by atoms with E-state index in [9.17, 15) is 0 Å². The van der Waals surface area contributed by atoms with E-state index in [2.05, 4.69) is 4.98 Å². The van der Waals surface area contributed by atoms with E-state index in [1.807, 2.05) is 0 Å². The number of pyridine rings is 1. The summed E-state index contributed by atoms with van der Waals surface area (Å²) >= 11 is 0. The number of nitrogen functional groups attached to an aromatic ring is 1. The van der Waals surface area contributed by atoms with Gasteiger partial charge in [-0.3, -0.25) is 4.98 Å². The Bertz CT molecular complexity index is 232. The summed E-state index contributed by atoms with van der Waals surface area (Å²) in [4.78, 5) is 4.00. The van der Waals surface area contributed by atoms with Crippen LogP contribution >= 0.6 is 0 Å². The van der Waals surface area contributed by atoms with Crippen molar-refractivity contribution in [2.24, 2.45) is 0 Å². The zero-order valence-corrected chi connectivity index (χ0v) is 5.54. The average molecular weight is 135 g/mol. The predicted molar refractivity (Wildman–Crippen MR) is 41.1 cm³/mol. The first kappa shape index (κ1) is 6.74. The van der Waals surface area contributed by atoms with Crippen LogP contribution in [-0.4, -0.2) is 11.2 Å². The van der Waals surface area contributed by atoms with Crippen molar-refractivity contribution in [3.63, 3.8) is 0 Å². The molecule has 0 radical (unpaired) electrons. The third-order valence-corrected chi connectivity index (χ3v) is 1.15. The van der Waals surface area contributed by atoms with Crippen LogP contribution in [0.25, 0.3) is 0 Å². The first-order valence-electron chi connectivity index (χ1n) is 3.02. The van der Waals surface area contributed by atoms with Crippen molar-refractivity contribution in [1.29, 1.82) is 5.41 Å². The summed E-state index contributed by atoms with van der Waals surface area (Å²) in [5.74, 6) is 0. The van der Waals surface area contributed by atoms with E-state index in [0.717, 1.165) is 5.69 Å². The molecule has 1 heterocycles. The van der Waals surface area contributed by atoms with Gasteiger partial charge in [0.25, 0.3) is 0 Å². The summed E-state index contributed by atoms with van der Waals surface area (Å²) in [6.45, 7) is 0. The smallest absolute Gasteiger partial charge is 0.0477 e. The Balaban J connectivity index is 2.84. The maximum absolute atomic E-state index is 6.80. The third kappa shape index (κ3) is 1.55. The highest BCUT2D eigenvalue weighted by molar-refractivity contribution is 5.57. The largest absolute Gasteiger partial charge is 0.399 e. The Morgan fingerprint density at radius 1 is 1.70 bits per heavy atom. The van der Waals surface area contributed by atoms with Gasteiger partial charge in [-0.15, -0.1) is 0 Å². The van der Waals surface area contributed by atoms with Gasteiger partial charge in [-0.25, -0.2) is 0 Å². The third-order valence-electron chi connectivity index (χ3n) is 1.15. The number of nitrogens with one attached hydrogen (secondary N) is 1. The van der Waals surface area contributed by atoms with Gasteiger partial charge in [0.2, 0.25) is 0 Å². The molecule has 1 aromatic heterocycles. The summed E-state index contributed by atoms with van der Waals surface area (Å²) < 4.78 is 0. The second-order valence-corrected chi connectivity index (χ2v) is 1.99. The fourth-order valence-corrected chi connectivity index (χ4v) is 0.713. The van der Waals surface area contributed by atoms with Crippen LogP contribution in [0.3, 0.4) is 0 Å². The average Bonchev–Trinajstić information content (AvgIpc) is 1.88. The van der Waals surface area contributed by atoms with Crippen molar-refractivity contribution >= 4 is 11.9 Å². The monoisotopic (exact) mass is 135 g/mol. The van der Waals surface area contributed by atoms with E-state index < -0.39 is 0 Å². The summed E-state index contributed by atoms with van der Waals surface area (Å²) in [6, 6.07) is 3.50. The molecule has 3 nitrogen and oxygen atoms in total. The summed E-state index contributed by atoms with van der Waals surface area (Å²) in [6.07, 6.45) is 3.51. The minimum atomic E-state index is 0.561. The predicted octanol–water partition coefficient (Wildman–Crippen LogP) is 0.856. The fourth-order valence-electron chi connectivity index (χ4n) is 0.713. The summed E-state index contributed by atoms with van der Waals surface area (Å²) in [5.41, 5.74) is 7.02. The van der Waals surface area contributed by atoms with Gasteiger partial charge in [-0.05, 0) is 12.1 Å². The number of nitrogens with two attached hydrogens (primary N) is 1. The Kier molecular flexibility index (Phi) is 1.99. The Morgan fingerprint density at radius 3 is 3.10 bits per heavy atom. The molecule has 0 aliphatic heterocycles. The van der Waals surface area contributed by atoms with E-state index >= 15 is 0 Å². The first-order chi connectivity index (χ1) is 4.83. The molecule has 0 atom stereocenters. The highest BCUT2D eigenvalue weighted by Crippen LogP contribution is 2.01. The first-order valence-corrected chi connectivity index (χ1v) is 3.02. The topological polar surface area (TPSA) is 62.8 Å². The molecular weight excluding hydrogens is 126 g/mol. The molecule has 0 bridgehead atoms. The zero-order valence-electron chi connectivity index (χ0n) is 5.54. The van der Waals surface area contributed by atoms with Gasteiger partial charge in [0, 0.05) is 30.2 Å². The molecule has 1 aromatic rings. The second kappa shape index (κ2) is 2.96. The van der Waals surface area contributed by atoms with Crippen LogP contribution in [0.15, 0.2) is 18.3 Å². The van der Waals surface area contributed by atoms with Gasteiger partial charge in [-0.2, -0.15) is 0 Å². The molecule has 0 aromatic carbocycles. The fraction of sp³-hybridized carbons (Fsp3) is 0.143. The normalized spacial score (nSPS) is 9.20. The Labute approximate surface area is 59.4 Å². The summed E-state index contributed by atoms with van der Waals surface area (Å²) in [5, 5.41) is 6.80. The molecular formula is C7H9N3. The molecule has 0 saturated carbocycles. The van der Waals surface area contributed by atoms with Crippen LogP contribution in [0, 0.1) is 5.41 Å². The highest BCUT2D eigenvalue weighted by atomic mass is 14.7. The van der Waals surface area contributed by atoms with Crippen LogP contribution in [-0.2, 0) is 6.42 Å². The number of anilines is 1. The summed E-state index contributed by atoms with van der Waals surface area (Å²) in [7, 11) is 0. The van der Waals surface area contributed by atoms with Crippen LogP contribution in [0.5, 0.6) is 0 Å². The quantitative estimate of drug-likeness (QED) is 0.590. The van der Waals surface area contributed by atoms with Crippen molar-refractivity contribution in [3.8, 4) is 0 Å². The molecule has 3 heteroatoms. The van der Waals surface area contributed by atoms with Gasteiger partial charge in [-0.1, -0.05) is 0 Å². The maximum atomic E-state index is 6.80. The van der Waals surface area contributed by atoms with Crippen LogP contribution in [0.4, 0.5) is 5.69 Å². The lowest BCUT2D eigenvalue weighted by Gasteiger charge is -1.94. The maximum Gasteiger partial charge on any atom is 0.0477 e. The lowest BCUT2D eigenvalue weighted by Crippen LogP contribution is -1.92.